The van der Waals surface area contributed by atoms with Crippen LogP contribution in [0.25, 0.3) is 10.8 Å². The number of carbonyl (C=O) groups is 1. The van der Waals surface area contributed by atoms with Gasteiger partial charge in [-0.05, 0) is 54.4 Å². The minimum Gasteiger partial charge on any atom is -0.505 e. The Bertz CT molecular complexity index is 3000. The van der Waals surface area contributed by atoms with Crippen LogP contribution in [-0.4, -0.2) is 67.6 Å². The van der Waals surface area contributed by atoms with E-state index < -0.39 is 95.7 Å². The van der Waals surface area contributed by atoms with Gasteiger partial charge in [-0.15, -0.1) is 15.3 Å². The van der Waals surface area contributed by atoms with Crippen molar-refractivity contribution in [1.82, 2.24) is 0 Å². The van der Waals surface area contributed by atoms with Crippen molar-refractivity contribution in [1.29, 1.82) is 0 Å². The number of nitrogens with two attached hydrogens (primary N) is 1. The molecule has 0 aromatic heterocycles. The van der Waals surface area contributed by atoms with Crippen molar-refractivity contribution in [3.63, 3.8) is 0 Å². The van der Waals surface area contributed by atoms with Crippen LogP contribution in [0, 0.1) is 17.0 Å². The smallest absolute Gasteiger partial charge is 0.299 e. The number of phenols is 1. The SMILES string of the molecule is COc1cc(N=Nc2ccc(COC=O)cc2)c(C)cc1N=Nc1cc(S(=O)(=O)OC)c2cc(S(=O)(=O)OC)c(N=Nc3ccc([N+](=O)[O-])cc3CS(=O)(=O)O)c(O)c2c1N. The van der Waals surface area contributed by atoms with Crippen LogP contribution in [0.3, 0.4) is 0 Å². The molecule has 0 aliphatic rings. The van der Waals surface area contributed by atoms with E-state index in [2.05, 4.69) is 34.9 Å². The summed E-state index contributed by atoms with van der Waals surface area (Å²) < 4.78 is 105. The lowest BCUT2D eigenvalue weighted by atomic mass is 10.0. The highest BCUT2D eigenvalue weighted by atomic mass is 32.2. The van der Waals surface area contributed by atoms with Gasteiger partial charge in [-0.3, -0.25) is 27.8 Å². The molecule has 5 aromatic rings. The van der Waals surface area contributed by atoms with Gasteiger partial charge in [-0.2, -0.15) is 40.6 Å². The highest BCUT2D eigenvalue weighted by molar-refractivity contribution is 7.87. The Labute approximate surface area is 346 Å². The first-order valence-electron chi connectivity index (χ1n) is 16.8. The summed E-state index contributed by atoms with van der Waals surface area (Å²) in [6.07, 6.45) is 0. The highest BCUT2D eigenvalue weighted by Crippen LogP contribution is 2.49. The third kappa shape index (κ3) is 10.3. The molecule has 0 radical (unpaired) electrons. The Morgan fingerprint density at radius 1 is 0.770 bits per heavy atom. The van der Waals surface area contributed by atoms with Crippen molar-refractivity contribution >= 4 is 93.1 Å². The van der Waals surface area contributed by atoms with Crippen molar-refractivity contribution in [3.8, 4) is 11.5 Å². The molecule has 0 heterocycles. The van der Waals surface area contributed by atoms with Crippen LogP contribution in [-0.2, 0) is 60.6 Å². The van der Waals surface area contributed by atoms with E-state index in [9.17, 15) is 49.8 Å². The van der Waals surface area contributed by atoms with Gasteiger partial charge in [0.15, 0.2) is 5.75 Å². The quantitative estimate of drug-likeness (QED) is 0.0156. The molecule has 0 unspecified atom stereocenters. The molecule has 0 amide bonds. The Morgan fingerprint density at radius 3 is 2.00 bits per heavy atom. The number of benzene rings is 5. The molecule has 61 heavy (non-hydrogen) atoms. The Morgan fingerprint density at radius 2 is 1.39 bits per heavy atom. The number of aryl methyl sites for hydroxylation is 1. The van der Waals surface area contributed by atoms with Gasteiger partial charge in [0.1, 0.15) is 45.0 Å². The van der Waals surface area contributed by atoms with E-state index in [1.807, 2.05) is 0 Å². The molecule has 0 spiro atoms. The summed E-state index contributed by atoms with van der Waals surface area (Å²) >= 11 is 0. The average Bonchev–Trinajstić information content (AvgIpc) is 3.21. The zero-order valence-corrected chi connectivity index (χ0v) is 34.4. The first kappa shape index (κ1) is 45.2. The maximum atomic E-state index is 13.3. The number of methoxy groups -OCH3 is 1. The van der Waals surface area contributed by atoms with E-state index in [1.165, 1.54) is 19.2 Å². The fourth-order valence-corrected chi connectivity index (χ4v) is 7.79. The van der Waals surface area contributed by atoms with E-state index in [0.29, 0.717) is 23.4 Å². The topological polar surface area (TPSA) is 340 Å². The van der Waals surface area contributed by atoms with Crippen molar-refractivity contribution in [2.45, 2.75) is 29.1 Å². The van der Waals surface area contributed by atoms with Gasteiger partial charge in [0.25, 0.3) is 42.5 Å². The van der Waals surface area contributed by atoms with Gasteiger partial charge in [0.2, 0.25) is 0 Å². The van der Waals surface area contributed by atoms with E-state index in [1.54, 1.807) is 31.2 Å². The van der Waals surface area contributed by atoms with Gasteiger partial charge in [-0.1, -0.05) is 12.1 Å². The Hall–Kier alpha value is -6.84. The summed E-state index contributed by atoms with van der Waals surface area (Å²) in [6, 6.07) is 14.0. The Kier molecular flexibility index (Phi) is 13.5. The van der Waals surface area contributed by atoms with Crippen molar-refractivity contribution < 1.29 is 62.5 Å². The Balaban J connectivity index is 1.67. The molecular weight excluding hydrogens is 869 g/mol. The number of azo groups is 3. The fraction of sp³-hybridized carbons (Fsp3) is 0.171. The van der Waals surface area contributed by atoms with Gasteiger partial charge >= 0.3 is 0 Å². The lowest BCUT2D eigenvalue weighted by Crippen LogP contribution is -2.07. The second-order valence-corrected chi connectivity index (χ2v) is 17.1. The highest BCUT2D eigenvalue weighted by Gasteiger charge is 2.30. The molecule has 0 aliphatic heterocycles. The van der Waals surface area contributed by atoms with Crippen LogP contribution in [0.15, 0.2) is 107 Å². The van der Waals surface area contributed by atoms with Gasteiger partial charge < -0.3 is 20.3 Å². The monoisotopic (exact) mass is 900 g/mol. The molecule has 4 N–H and O–H groups in total. The molecule has 0 saturated heterocycles. The molecule has 0 bridgehead atoms. The fourth-order valence-electron chi connectivity index (χ4n) is 5.48. The number of hydrogen-bond donors (Lipinski definition) is 3. The summed E-state index contributed by atoms with van der Waals surface area (Å²) in [5.74, 6) is -2.14. The number of carbonyl (C=O) groups excluding carboxylic acids is 1. The van der Waals surface area contributed by atoms with Gasteiger partial charge in [0.05, 0.1) is 54.4 Å². The number of nitrogen functional groups attached to an aromatic ring is 1. The van der Waals surface area contributed by atoms with E-state index in [0.717, 1.165) is 50.1 Å². The number of hydrogen-bond acceptors (Lipinski definition) is 21. The molecule has 0 atom stereocenters. The molecule has 26 heteroatoms. The second kappa shape index (κ2) is 18.2. The van der Waals surface area contributed by atoms with Crippen molar-refractivity contribution in [2.24, 2.45) is 30.7 Å². The maximum Gasteiger partial charge on any atom is 0.299 e. The maximum absolute atomic E-state index is 13.3. The average molecular weight is 901 g/mol. The molecule has 23 nitrogen and oxygen atoms in total. The van der Waals surface area contributed by atoms with Crippen LogP contribution in [0.2, 0.25) is 0 Å². The number of aromatic hydroxyl groups is 1. The lowest BCUT2D eigenvalue weighted by Gasteiger charge is -2.16. The molecule has 0 saturated carbocycles. The zero-order valence-electron chi connectivity index (χ0n) is 32.0. The van der Waals surface area contributed by atoms with Crippen LogP contribution >= 0.6 is 0 Å². The largest absolute Gasteiger partial charge is 0.505 e. The molecular formula is C35H32N8O15S3. The summed E-state index contributed by atoms with van der Waals surface area (Å²) in [5, 5.41) is 46.4. The van der Waals surface area contributed by atoms with Crippen LogP contribution in [0.5, 0.6) is 11.5 Å². The van der Waals surface area contributed by atoms with Crippen LogP contribution in [0.4, 0.5) is 45.5 Å². The number of nitro benzene ring substituents is 1. The summed E-state index contributed by atoms with van der Waals surface area (Å²) in [6.45, 7) is 2.11. The molecule has 0 aliphatic carbocycles. The first-order chi connectivity index (χ1) is 28.7. The van der Waals surface area contributed by atoms with E-state index in [-0.39, 0.29) is 23.7 Å². The summed E-state index contributed by atoms with van der Waals surface area (Å²) in [4.78, 5) is 19.3. The lowest BCUT2D eigenvalue weighted by molar-refractivity contribution is -0.384. The third-order valence-electron chi connectivity index (χ3n) is 8.46. The van der Waals surface area contributed by atoms with E-state index in [4.69, 9.17) is 19.4 Å². The molecule has 5 aromatic carbocycles. The molecule has 5 rings (SSSR count). The number of phenolic OH excluding ortho intramolecular Hbond substituents is 1. The van der Waals surface area contributed by atoms with Crippen LogP contribution < -0.4 is 10.5 Å². The number of anilines is 1. The third-order valence-corrected chi connectivity index (χ3v) is 11.7. The molecule has 0 fully saturated rings. The van der Waals surface area contributed by atoms with Gasteiger partial charge in [-0.25, -0.2) is 0 Å². The number of nitro groups is 1. The standard InChI is InChI=1S/C35H32N8O15S3/c1-19-11-27(29(55-2)14-26(19)39-37-22-7-5-20(6-8-22)16-58-18-44)40-41-28-15-30(60(51,52)56-3)24-13-31(61(53,54)57-4)34(35(45)32(24)33(28)36)42-38-25-10-9-23(43(46)47)12-21(25)17-59(48,49)50/h5-15,18,45H,16-17,36H2,1-4H3,(H,48,49,50). The zero-order chi connectivity index (χ0) is 44.9. The predicted molar refractivity (Wildman–Crippen MR) is 214 cm³/mol. The minimum atomic E-state index is -4.88. The predicted octanol–water partition coefficient (Wildman–Crippen LogP) is 7.33. The van der Waals surface area contributed by atoms with Crippen molar-refractivity contribution in [2.75, 3.05) is 27.1 Å². The van der Waals surface area contributed by atoms with Crippen molar-refractivity contribution in [3.05, 3.63) is 93.5 Å². The first-order valence-corrected chi connectivity index (χ1v) is 21.2. The van der Waals surface area contributed by atoms with Crippen LogP contribution in [0.1, 0.15) is 16.7 Å². The number of rotatable bonds is 17. The number of ether oxygens (including phenoxy) is 2. The normalized spacial score (nSPS) is 12.5. The summed E-state index contributed by atoms with van der Waals surface area (Å²) in [7, 11) is -11.5. The molecule has 320 valence electrons. The second-order valence-electron chi connectivity index (χ2n) is 12.3. The van der Waals surface area contributed by atoms with E-state index >= 15 is 0 Å². The number of non-ortho nitro benzene ring substituents is 1. The minimum absolute atomic E-state index is 0.0896. The summed E-state index contributed by atoms with van der Waals surface area (Å²) in [5.41, 5.74) is 5.47. The number of fused-ring (bicyclic) bond motifs is 1. The van der Waals surface area contributed by atoms with Gasteiger partial charge in [0, 0.05) is 29.1 Å². The number of nitrogens with zero attached hydrogens (tertiary/aromatic N) is 7.